The van der Waals surface area contributed by atoms with Crippen molar-refractivity contribution in [3.8, 4) is 11.6 Å². The van der Waals surface area contributed by atoms with E-state index in [1.807, 2.05) is 23.7 Å². The zero-order valence-electron chi connectivity index (χ0n) is 10.6. The van der Waals surface area contributed by atoms with Crippen molar-refractivity contribution in [1.29, 1.82) is 0 Å². The highest BCUT2D eigenvalue weighted by atomic mass is 16.3. The van der Waals surface area contributed by atoms with Crippen LogP contribution in [0, 0.1) is 13.8 Å². The molecule has 1 heterocycles. The lowest BCUT2D eigenvalue weighted by Gasteiger charge is -2.07. The minimum Gasteiger partial charge on any atom is -0.492 e. The minimum atomic E-state index is 0.134. The zero-order valence-corrected chi connectivity index (χ0v) is 10.6. The molecule has 2 rings (SSSR count). The van der Waals surface area contributed by atoms with E-state index in [-0.39, 0.29) is 5.88 Å². The first-order chi connectivity index (χ1) is 8.13. The maximum absolute atomic E-state index is 9.75. The number of hydrogen-bond acceptors (Lipinski definition) is 2. The summed E-state index contributed by atoms with van der Waals surface area (Å²) in [6, 6.07) is 8.15. The average Bonchev–Trinajstić information content (AvgIpc) is 2.58. The Hall–Kier alpha value is -1.77. The molecule has 0 aliphatic rings. The van der Waals surface area contributed by atoms with E-state index < -0.39 is 0 Å². The molecule has 0 spiro atoms. The first kappa shape index (κ1) is 11.7. The molecule has 17 heavy (non-hydrogen) atoms. The topological polar surface area (TPSA) is 38.1 Å². The summed E-state index contributed by atoms with van der Waals surface area (Å²) in [5.41, 5.74) is 4.18. The zero-order chi connectivity index (χ0) is 12.4. The predicted molar refractivity (Wildman–Crippen MR) is 68.7 cm³/mol. The molecule has 0 atom stereocenters. The van der Waals surface area contributed by atoms with E-state index in [0.29, 0.717) is 0 Å². The van der Waals surface area contributed by atoms with Crippen molar-refractivity contribution < 1.29 is 5.11 Å². The van der Waals surface area contributed by atoms with Crippen LogP contribution in [0.3, 0.4) is 0 Å². The van der Waals surface area contributed by atoms with Gasteiger partial charge in [-0.1, -0.05) is 25.5 Å². The molecule has 1 aromatic carbocycles. The first-order valence-corrected chi connectivity index (χ1v) is 5.98. The van der Waals surface area contributed by atoms with Crippen LogP contribution in [0.1, 0.15) is 30.2 Å². The molecule has 0 unspecified atom stereocenters. The van der Waals surface area contributed by atoms with Crippen LogP contribution in [0.2, 0.25) is 0 Å². The molecule has 0 aliphatic heterocycles. The Kier molecular flexibility index (Phi) is 3.18. The molecule has 0 amide bonds. The number of hydrogen-bond donors (Lipinski definition) is 1. The van der Waals surface area contributed by atoms with Gasteiger partial charge >= 0.3 is 0 Å². The molecule has 3 heteroatoms. The van der Waals surface area contributed by atoms with Gasteiger partial charge < -0.3 is 5.11 Å². The van der Waals surface area contributed by atoms with E-state index in [2.05, 4.69) is 31.1 Å². The molecular weight excluding hydrogens is 212 g/mol. The summed E-state index contributed by atoms with van der Waals surface area (Å²) in [6.07, 6.45) is 1.96. The molecule has 90 valence electrons. The van der Waals surface area contributed by atoms with Gasteiger partial charge in [0.25, 0.3) is 0 Å². The summed E-state index contributed by atoms with van der Waals surface area (Å²) < 4.78 is 1.85. The SMILES string of the molecule is CCCc1c(C)c(O)nn1-c1cccc(C)c1. The van der Waals surface area contributed by atoms with Gasteiger partial charge in [-0.05, 0) is 38.0 Å². The van der Waals surface area contributed by atoms with Crippen molar-refractivity contribution in [2.45, 2.75) is 33.6 Å². The van der Waals surface area contributed by atoms with Crippen molar-refractivity contribution in [2.24, 2.45) is 0 Å². The molecule has 0 saturated carbocycles. The molecule has 2 aromatic rings. The molecule has 0 fully saturated rings. The third-order valence-corrected chi connectivity index (χ3v) is 2.95. The smallest absolute Gasteiger partial charge is 0.233 e. The second-order valence-corrected chi connectivity index (χ2v) is 4.40. The van der Waals surface area contributed by atoms with Crippen LogP contribution in [0.15, 0.2) is 24.3 Å². The molecule has 0 bridgehead atoms. The van der Waals surface area contributed by atoms with Crippen molar-refractivity contribution in [1.82, 2.24) is 9.78 Å². The Balaban J connectivity index is 2.55. The van der Waals surface area contributed by atoms with Crippen LogP contribution in [0.4, 0.5) is 0 Å². The number of aryl methyl sites for hydroxylation is 1. The van der Waals surface area contributed by atoms with Crippen LogP contribution in [-0.4, -0.2) is 14.9 Å². The highest BCUT2D eigenvalue weighted by Gasteiger charge is 2.13. The van der Waals surface area contributed by atoms with Gasteiger partial charge in [0.15, 0.2) is 0 Å². The minimum absolute atomic E-state index is 0.134. The normalized spacial score (nSPS) is 10.8. The lowest BCUT2D eigenvalue weighted by Crippen LogP contribution is -2.02. The van der Waals surface area contributed by atoms with Gasteiger partial charge in [0.1, 0.15) is 0 Å². The summed E-state index contributed by atoms with van der Waals surface area (Å²) in [4.78, 5) is 0. The molecule has 0 aliphatic carbocycles. The van der Waals surface area contributed by atoms with Crippen molar-refractivity contribution in [3.05, 3.63) is 41.1 Å². The van der Waals surface area contributed by atoms with Gasteiger partial charge in [-0.25, -0.2) is 4.68 Å². The van der Waals surface area contributed by atoms with Gasteiger partial charge in [-0.15, -0.1) is 5.10 Å². The Morgan fingerprint density at radius 3 is 2.71 bits per heavy atom. The second-order valence-electron chi connectivity index (χ2n) is 4.40. The van der Waals surface area contributed by atoms with Crippen LogP contribution in [-0.2, 0) is 6.42 Å². The quantitative estimate of drug-likeness (QED) is 0.879. The van der Waals surface area contributed by atoms with Gasteiger partial charge in [-0.3, -0.25) is 0 Å². The Morgan fingerprint density at radius 1 is 1.29 bits per heavy atom. The van der Waals surface area contributed by atoms with Gasteiger partial charge in [0.2, 0.25) is 5.88 Å². The summed E-state index contributed by atoms with van der Waals surface area (Å²) in [6.45, 7) is 6.10. The fourth-order valence-electron chi connectivity index (χ4n) is 2.02. The second kappa shape index (κ2) is 4.62. The third-order valence-electron chi connectivity index (χ3n) is 2.95. The van der Waals surface area contributed by atoms with E-state index in [9.17, 15) is 5.11 Å². The third kappa shape index (κ3) is 2.18. The Labute approximate surface area is 102 Å². The fraction of sp³-hybridized carbons (Fsp3) is 0.357. The fourth-order valence-corrected chi connectivity index (χ4v) is 2.02. The summed E-state index contributed by atoms with van der Waals surface area (Å²) >= 11 is 0. The largest absolute Gasteiger partial charge is 0.492 e. The number of benzene rings is 1. The van der Waals surface area contributed by atoms with Crippen molar-refractivity contribution in [3.63, 3.8) is 0 Å². The summed E-state index contributed by atoms with van der Waals surface area (Å²) in [5, 5.41) is 14.0. The molecule has 1 aromatic heterocycles. The first-order valence-electron chi connectivity index (χ1n) is 5.98. The van der Waals surface area contributed by atoms with E-state index in [4.69, 9.17) is 0 Å². The monoisotopic (exact) mass is 230 g/mol. The summed E-state index contributed by atoms with van der Waals surface area (Å²) in [5.74, 6) is 0.134. The lowest BCUT2D eigenvalue weighted by atomic mass is 10.1. The van der Waals surface area contributed by atoms with Gasteiger partial charge in [0.05, 0.1) is 11.4 Å². The van der Waals surface area contributed by atoms with Crippen LogP contribution >= 0.6 is 0 Å². The van der Waals surface area contributed by atoms with E-state index in [0.717, 1.165) is 29.8 Å². The molecule has 0 radical (unpaired) electrons. The molecule has 3 nitrogen and oxygen atoms in total. The van der Waals surface area contributed by atoms with E-state index in [1.165, 1.54) is 5.56 Å². The summed E-state index contributed by atoms with van der Waals surface area (Å²) in [7, 11) is 0. The molecular formula is C14H18N2O. The predicted octanol–water partition coefficient (Wildman–Crippen LogP) is 3.15. The number of rotatable bonds is 3. The van der Waals surface area contributed by atoms with E-state index >= 15 is 0 Å². The standard InChI is InChI=1S/C14H18N2O/c1-4-6-13-11(3)14(17)15-16(13)12-8-5-7-10(2)9-12/h5,7-9H,4,6H2,1-3H3,(H,15,17). The maximum Gasteiger partial charge on any atom is 0.233 e. The van der Waals surface area contributed by atoms with Gasteiger partial charge in [-0.2, -0.15) is 0 Å². The molecule has 1 N–H and O–H groups in total. The van der Waals surface area contributed by atoms with Crippen LogP contribution in [0.25, 0.3) is 5.69 Å². The lowest BCUT2D eigenvalue weighted by molar-refractivity contribution is 0.444. The highest BCUT2D eigenvalue weighted by molar-refractivity contribution is 5.40. The molecule has 0 saturated heterocycles. The Morgan fingerprint density at radius 2 is 2.06 bits per heavy atom. The van der Waals surface area contributed by atoms with Crippen LogP contribution in [0.5, 0.6) is 5.88 Å². The number of aromatic hydroxyl groups is 1. The number of nitrogens with zero attached hydrogens (tertiary/aromatic N) is 2. The number of aromatic nitrogens is 2. The van der Waals surface area contributed by atoms with Gasteiger partial charge in [0, 0.05) is 5.56 Å². The van der Waals surface area contributed by atoms with Crippen molar-refractivity contribution >= 4 is 0 Å². The van der Waals surface area contributed by atoms with E-state index in [1.54, 1.807) is 0 Å². The van der Waals surface area contributed by atoms with Crippen LogP contribution < -0.4 is 0 Å². The average molecular weight is 230 g/mol. The Bertz CT molecular complexity index is 529. The highest BCUT2D eigenvalue weighted by Crippen LogP contribution is 2.24. The van der Waals surface area contributed by atoms with Crippen molar-refractivity contribution in [2.75, 3.05) is 0 Å². The maximum atomic E-state index is 9.75.